The van der Waals surface area contributed by atoms with Gasteiger partial charge in [-0.3, -0.25) is 9.59 Å². The normalized spacial score (nSPS) is 10.7. The number of nitrogens with one attached hydrogen (secondary N) is 1. The van der Waals surface area contributed by atoms with Gasteiger partial charge in [0.25, 0.3) is 5.56 Å². The molecule has 1 aromatic carbocycles. The number of aromatic nitrogens is 2. The molecule has 6 heteroatoms. The first-order valence-electron chi connectivity index (χ1n) is 8.67. The number of hydrogen-bond donors (Lipinski definition) is 1. The van der Waals surface area contributed by atoms with Crippen molar-refractivity contribution < 1.29 is 4.79 Å². The lowest BCUT2D eigenvalue weighted by atomic mass is 10.1. The Hall–Kier alpha value is -2.73. The van der Waals surface area contributed by atoms with Gasteiger partial charge in [0, 0.05) is 24.7 Å². The molecule has 3 aromatic rings. The molecule has 0 fully saturated rings. The Balaban J connectivity index is 1.58. The van der Waals surface area contributed by atoms with E-state index in [0.29, 0.717) is 19.4 Å². The van der Waals surface area contributed by atoms with E-state index in [9.17, 15) is 9.59 Å². The van der Waals surface area contributed by atoms with E-state index in [1.807, 2.05) is 41.8 Å². The third-order valence-corrected chi connectivity index (χ3v) is 4.98. The van der Waals surface area contributed by atoms with Crippen molar-refractivity contribution in [3.05, 3.63) is 69.8 Å². The SMILES string of the molecule is CCc1ccccc1NC(=O)CCCn1nc(-c2cccs2)ccc1=O. The standard InChI is InChI=1S/C20H21N3O2S/c1-2-15-7-3-4-8-16(15)21-19(24)10-5-13-23-20(25)12-11-17(22-23)18-9-6-14-26-18/h3-4,6-9,11-12,14H,2,5,10,13H2,1H3,(H,21,24). The van der Waals surface area contributed by atoms with Crippen molar-refractivity contribution in [2.75, 3.05) is 5.32 Å². The maximum absolute atomic E-state index is 12.2. The van der Waals surface area contributed by atoms with Crippen molar-refractivity contribution in [3.8, 4) is 10.6 Å². The predicted octanol–water partition coefficient (Wildman–Crippen LogP) is 3.95. The number of aryl methyl sites for hydroxylation is 2. The van der Waals surface area contributed by atoms with Gasteiger partial charge in [0.05, 0.1) is 4.88 Å². The van der Waals surface area contributed by atoms with E-state index in [1.54, 1.807) is 17.4 Å². The van der Waals surface area contributed by atoms with Crippen molar-refractivity contribution in [3.63, 3.8) is 0 Å². The second-order valence-electron chi connectivity index (χ2n) is 5.92. The zero-order valence-corrected chi connectivity index (χ0v) is 15.5. The monoisotopic (exact) mass is 367 g/mol. The summed E-state index contributed by atoms with van der Waals surface area (Å²) in [5, 5.41) is 9.33. The molecule has 0 unspecified atom stereocenters. The quantitative estimate of drug-likeness (QED) is 0.688. The van der Waals surface area contributed by atoms with E-state index >= 15 is 0 Å². The number of thiophene rings is 1. The number of para-hydroxylation sites is 1. The molecule has 1 N–H and O–H groups in total. The first-order chi connectivity index (χ1) is 12.7. The van der Waals surface area contributed by atoms with Crippen LogP contribution in [0.15, 0.2) is 58.7 Å². The van der Waals surface area contributed by atoms with Gasteiger partial charge >= 0.3 is 0 Å². The fraction of sp³-hybridized carbons (Fsp3) is 0.250. The lowest BCUT2D eigenvalue weighted by molar-refractivity contribution is -0.116. The molecule has 3 rings (SSSR count). The van der Waals surface area contributed by atoms with E-state index < -0.39 is 0 Å². The molecule has 2 aromatic heterocycles. The molecule has 0 spiro atoms. The molecule has 0 saturated carbocycles. The summed E-state index contributed by atoms with van der Waals surface area (Å²) in [5.74, 6) is -0.0478. The topological polar surface area (TPSA) is 64.0 Å². The van der Waals surface area contributed by atoms with Crippen molar-refractivity contribution >= 4 is 22.9 Å². The number of hydrogen-bond acceptors (Lipinski definition) is 4. The highest BCUT2D eigenvalue weighted by molar-refractivity contribution is 7.13. The summed E-state index contributed by atoms with van der Waals surface area (Å²) in [6.45, 7) is 2.48. The highest BCUT2D eigenvalue weighted by Gasteiger charge is 2.08. The van der Waals surface area contributed by atoms with Crippen LogP contribution in [-0.2, 0) is 17.8 Å². The zero-order valence-electron chi connectivity index (χ0n) is 14.6. The average molecular weight is 367 g/mol. The summed E-state index contributed by atoms with van der Waals surface area (Å²) in [6.07, 6.45) is 1.77. The average Bonchev–Trinajstić information content (AvgIpc) is 3.18. The smallest absolute Gasteiger partial charge is 0.266 e. The molecule has 134 valence electrons. The van der Waals surface area contributed by atoms with Crippen molar-refractivity contribution in [2.24, 2.45) is 0 Å². The number of benzene rings is 1. The van der Waals surface area contributed by atoms with E-state index in [2.05, 4.69) is 17.3 Å². The lowest BCUT2D eigenvalue weighted by Crippen LogP contribution is -2.23. The van der Waals surface area contributed by atoms with Crippen LogP contribution in [0.4, 0.5) is 5.69 Å². The Morgan fingerprint density at radius 1 is 1.15 bits per heavy atom. The molecular weight excluding hydrogens is 346 g/mol. The molecule has 0 radical (unpaired) electrons. The molecular formula is C20H21N3O2S. The molecule has 0 aliphatic carbocycles. The Bertz CT molecular complexity index is 932. The van der Waals surface area contributed by atoms with E-state index in [4.69, 9.17) is 0 Å². The molecule has 5 nitrogen and oxygen atoms in total. The molecule has 0 aliphatic rings. The second-order valence-corrected chi connectivity index (χ2v) is 6.87. The van der Waals surface area contributed by atoms with Crippen LogP contribution in [0.3, 0.4) is 0 Å². The highest BCUT2D eigenvalue weighted by Crippen LogP contribution is 2.21. The molecule has 0 bridgehead atoms. The molecule has 0 atom stereocenters. The minimum absolute atomic E-state index is 0.0478. The van der Waals surface area contributed by atoms with Crippen LogP contribution in [0, 0.1) is 0 Å². The Morgan fingerprint density at radius 3 is 2.77 bits per heavy atom. The molecule has 1 amide bonds. The van der Waals surface area contributed by atoms with Crippen LogP contribution in [0.2, 0.25) is 0 Å². The van der Waals surface area contributed by atoms with Gasteiger partial charge in [-0.15, -0.1) is 11.3 Å². The third-order valence-electron chi connectivity index (χ3n) is 4.09. The van der Waals surface area contributed by atoms with Crippen LogP contribution in [0.25, 0.3) is 10.6 Å². The van der Waals surface area contributed by atoms with E-state index in [0.717, 1.165) is 28.2 Å². The number of amides is 1. The fourth-order valence-corrected chi connectivity index (χ4v) is 3.41. The molecule has 26 heavy (non-hydrogen) atoms. The van der Waals surface area contributed by atoms with Crippen LogP contribution in [0.1, 0.15) is 25.3 Å². The minimum atomic E-state index is -0.151. The number of carbonyl (C=O) groups is 1. The molecule has 0 aliphatic heterocycles. The maximum Gasteiger partial charge on any atom is 0.266 e. The first kappa shape index (κ1) is 18.1. The van der Waals surface area contributed by atoms with Gasteiger partial charge in [-0.2, -0.15) is 5.10 Å². The number of nitrogens with zero attached hydrogens (tertiary/aromatic N) is 2. The molecule has 0 saturated heterocycles. The lowest BCUT2D eigenvalue weighted by Gasteiger charge is -2.10. The van der Waals surface area contributed by atoms with E-state index in [1.165, 1.54) is 10.7 Å². The number of rotatable bonds is 7. The number of anilines is 1. The number of carbonyl (C=O) groups excluding carboxylic acids is 1. The summed E-state index contributed by atoms with van der Waals surface area (Å²) in [6, 6.07) is 15.0. The fourth-order valence-electron chi connectivity index (χ4n) is 2.72. The van der Waals surface area contributed by atoms with Crippen molar-refractivity contribution in [2.45, 2.75) is 32.7 Å². The summed E-state index contributed by atoms with van der Waals surface area (Å²) in [4.78, 5) is 25.2. The zero-order chi connectivity index (χ0) is 18.4. The first-order valence-corrected chi connectivity index (χ1v) is 9.55. The highest BCUT2D eigenvalue weighted by atomic mass is 32.1. The maximum atomic E-state index is 12.2. The molecule has 2 heterocycles. The minimum Gasteiger partial charge on any atom is -0.326 e. The largest absolute Gasteiger partial charge is 0.326 e. The van der Waals surface area contributed by atoms with Gasteiger partial charge in [0.15, 0.2) is 0 Å². The Morgan fingerprint density at radius 2 is 2.00 bits per heavy atom. The van der Waals surface area contributed by atoms with Gasteiger partial charge < -0.3 is 5.32 Å². The summed E-state index contributed by atoms with van der Waals surface area (Å²) < 4.78 is 1.43. The van der Waals surface area contributed by atoms with Crippen molar-refractivity contribution in [1.82, 2.24) is 9.78 Å². The van der Waals surface area contributed by atoms with Crippen LogP contribution in [-0.4, -0.2) is 15.7 Å². The predicted molar refractivity (Wildman–Crippen MR) is 105 cm³/mol. The summed E-state index contributed by atoms with van der Waals surface area (Å²) >= 11 is 1.58. The van der Waals surface area contributed by atoms with Crippen molar-refractivity contribution in [1.29, 1.82) is 0 Å². The Labute approximate surface area is 156 Å². The van der Waals surface area contributed by atoms with Crippen LogP contribution >= 0.6 is 11.3 Å². The second kappa shape index (κ2) is 8.58. The van der Waals surface area contributed by atoms with Gasteiger partial charge in [0.2, 0.25) is 5.91 Å². The van der Waals surface area contributed by atoms with Crippen LogP contribution in [0.5, 0.6) is 0 Å². The van der Waals surface area contributed by atoms with Gasteiger partial charge in [-0.05, 0) is 42.0 Å². The Kier molecular flexibility index (Phi) is 5.96. The van der Waals surface area contributed by atoms with Crippen LogP contribution < -0.4 is 10.9 Å². The van der Waals surface area contributed by atoms with E-state index in [-0.39, 0.29) is 11.5 Å². The summed E-state index contributed by atoms with van der Waals surface area (Å²) in [7, 11) is 0. The summed E-state index contributed by atoms with van der Waals surface area (Å²) in [5.41, 5.74) is 2.60. The van der Waals surface area contributed by atoms with Gasteiger partial charge in [-0.1, -0.05) is 31.2 Å². The van der Waals surface area contributed by atoms with Gasteiger partial charge in [0.1, 0.15) is 5.69 Å². The van der Waals surface area contributed by atoms with Gasteiger partial charge in [-0.25, -0.2) is 4.68 Å². The third kappa shape index (κ3) is 4.46.